The van der Waals surface area contributed by atoms with Gasteiger partial charge in [0.2, 0.25) is 0 Å². The molecule has 0 aromatic heterocycles. The molecule has 1 heterocycles. The Hall–Kier alpha value is -0.780. The zero-order chi connectivity index (χ0) is 15.5. The number of rotatable bonds is 4. The van der Waals surface area contributed by atoms with E-state index in [1.54, 1.807) is 18.2 Å². The second-order valence-corrected chi connectivity index (χ2v) is 8.04. The Labute approximate surface area is 132 Å². The number of sulfone groups is 1. The van der Waals surface area contributed by atoms with Gasteiger partial charge in [-0.3, -0.25) is 0 Å². The summed E-state index contributed by atoms with van der Waals surface area (Å²) in [6.07, 6.45) is 4.49. The van der Waals surface area contributed by atoms with E-state index in [1.165, 1.54) is 6.26 Å². The van der Waals surface area contributed by atoms with Crippen LogP contribution in [0, 0.1) is 0 Å². The monoisotopic (exact) mass is 330 g/mol. The molecular weight excluding hydrogens is 308 g/mol. The number of hydrogen-bond acceptors (Lipinski definition) is 4. The number of benzene rings is 1. The number of halogens is 1. The minimum atomic E-state index is -3.21. The van der Waals surface area contributed by atoms with Crippen molar-refractivity contribution in [2.75, 3.05) is 31.2 Å². The molecule has 0 saturated carbocycles. The average Bonchev–Trinajstić information content (AvgIpc) is 2.65. The third-order valence-corrected chi connectivity index (χ3v) is 5.43. The molecule has 1 aliphatic heterocycles. The molecular formula is C15H23ClN2O2S. The second-order valence-electron chi connectivity index (χ2n) is 5.62. The lowest BCUT2D eigenvalue weighted by molar-refractivity contribution is 0.300. The summed E-state index contributed by atoms with van der Waals surface area (Å²) in [5, 5.41) is 3.99. The van der Waals surface area contributed by atoms with Gasteiger partial charge in [-0.25, -0.2) is 8.42 Å². The summed E-state index contributed by atoms with van der Waals surface area (Å²) < 4.78 is 23.3. The van der Waals surface area contributed by atoms with Gasteiger partial charge in [0.05, 0.1) is 15.6 Å². The maximum Gasteiger partial charge on any atom is 0.175 e. The van der Waals surface area contributed by atoms with Gasteiger partial charge in [-0.05, 0) is 50.6 Å². The number of anilines is 1. The summed E-state index contributed by atoms with van der Waals surface area (Å²) in [4.78, 5) is 2.74. The molecule has 0 spiro atoms. The normalized spacial score (nSPS) is 21.0. The van der Waals surface area contributed by atoms with Crippen LogP contribution in [0.5, 0.6) is 0 Å². The van der Waals surface area contributed by atoms with Gasteiger partial charge in [0.25, 0.3) is 0 Å². The Morgan fingerprint density at radius 1 is 1.33 bits per heavy atom. The molecule has 0 amide bonds. The van der Waals surface area contributed by atoms with Crippen molar-refractivity contribution in [3.63, 3.8) is 0 Å². The Balaban J connectivity index is 2.12. The first-order valence-electron chi connectivity index (χ1n) is 7.38. The molecule has 0 aliphatic carbocycles. The fourth-order valence-corrected chi connectivity index (χ4v) is 3.50. The van der Waals surface area contributed by atoms with E-state index in [4.69, 9.17) is 11.6 Å². The molecule has 1 aliphatic rings. The van der Waals surface area contributed by atoms with Crippen LogP contribution in [0.4, 0.5) is 5.69 Å². The number of likely N-dealkylation sites (tertiary alicyclic amines) is 1. The van der Waals surface area contributed by atoms with Crippen LogP contribution in [0.15, 0.2) is 23.1 Å². The number of nitrogens with one attached hydrogen (secondary N) is 1. The third kappa shape index (κ3) is 4.59. The van der Waals surface area contributed by atoms with Gasteiger partial charge < -0.3 is 10.2 Å². The fraction of sp³-hybridized carbons (Fsp3) is 0.600. The predicted octanol–water partition coefficient (Wildman–Crippen LogP) is 3.03. The molecule has 118 valence electrons. The van der Waals surface area contributed by atoms with Crippen molar-refractivity contribution >= 4 is 27.1 Å². The van der Waals surface area contributed by atoms with Crippen molar-refractivity contribution in [3.8, 4) is 0 Å². The molecule has 1 fully saturated rings. The van der Waals surface area contributed by atoms with Crippen molar-refractivity contribution in [3.05, 3.63) is 23.2 Å². The smallest absolute Gasteiger partial charge is 0.175 e. The van der Waals surface area contributed by atoms with Crippen LogP contribution in [0.1, 0.15) is 26.2 Å². The molecule has 0 bridgehead atoms. The summed E-state index contributed by atoms with van der Waals surface area (Å²) in [7, 11) is -3.21. The van der Waals surface area contributed by atoms with E-state index >= 15 is 0 Å². The fourth-order valence-electron chi connectivity index (χ4n) is 2.68. The van der Waals surface area contributed by atoms with Crippen LogP contribution in [0.3, 0.4) is 0 Å². The minimum absolute atomic E-state index is 0.304. The highest BCUT2D eigenvalue weighted by Crippen LogP contribution is 2.27. The average molecular weight is 331 g/mol. The molecule has 0 radical (unpaired) electrons. The highest BCUT2D eigenvalue weighted by atomic mass is 35.5. The molecule has 1 atom stereocenters. The molecule has 4 nitrogen and oxygen atoms in total. The maximum atomic E-state index is 11.6. The predicted molar refractivity (Wildman–Crippen MR) is 87.9 cm³/mol. The summed E-state index contributed by atoms with van der Waals surface area (Å²) in [6.45, 7) is 5.46. The molecule has 2 rings (SSSR count). The van der Waals surface area contributed by atoms with Crippen LogP contribution in [0.25, 0.3) is 0 Å². The number of hydrogen-bond donors (Lipinski definition) is 1. The van der Waals surface area contributed by atoms with E-state index in [9.17, 15) is 8.42 Å². The minimum Gasteiger partial charge on any atom is -0.381 e. The van der Waals surface area contributed by atoms with E-state index in [-0.39, 0.29) is 0 Å². The van der Waals surface area contributed by atoms with E-state index < -0.39 is 9.84 Å². The van der Waals surface area contributed by atoms with Crippen molar-refractivity contribution in [1.82, 2.24) is 4.90 Å². The molecule has 1 saturated heterocycles. The number of nitrogens with zero attached hydrogens (tertiary/aromatic N) is 1. The van der Waals surface area contributed by atoms with E-state index in [1.807, 2.05) is 0 Å². The van der Waals surface area contributed by atoms with E-state index in [0.717, 1.165) is 44.6 Å². The highest BCUT2D eigenvalue weighted by Gasteiger charge is 2.18. The van der Waals surface area contributed by atoms with Gasteiger partial charge >= 0.3 is 0 Å². The third-order valence-electron chi connectivity index (χ3n) is 3.99. The van der Waals surface area contributed by atoms with Crippen molar-refractivity contribution in [2.24, 2.45) is 0 Å². The first-order chi connectivity index (χ1) is 9.90. The lowest BCUT2D eigenvalue weighted by atomic mass is 10.1. The van der Waals surface area contributed by atoms with Crippen LogP contribution < -0.4 is 5.32 Å². The first kappa shape index (κ1) is 16.6. The quantitative estimate of drug-likeness (QED) is 0.922. The molecule has 1 N–H and O–H groups in total. The maximum absolute atomic E-state index is 11.6. The summed E-state index contributed by atoms with van der Waals surface area (Å²) in [6, 6.07) is 5.18. The lowest BCUT2D eigenvalue weighted by Crippen LogP contribution is -2.26. The molecule has 1 aromatic rings. The Bertz CT molecular complexity index is 589. The molecule has 21 heavy (non-hydrogen) atoms. The van der Waals surface area contributed by atoms with E-state index in [2.05, 4.69) is 17.1 Å². The van der Waals surface area contributed by atoms with Gasteiger partial charge in [0, 0.05) is 18.8 Å². The van der Waals surface area contributed by atoms with Crippen LogP contribution in [-0.2, 0) is 9.84 Å². The van der Waals surface area contributed by atoms with Gasteiger partial charge in [-0.1, -0.05) is 18.5 Å². The zero-order valence-electron chi connectivity index (χ0n) is 12.6. The van der Waals surface area contributed by atoms with E-state index in [0.29, 0.717) is 16.0 Å². The van der Waals surface area contributed by atoms with Gasteiger partial charge in [0.15, 0.2) is 9.84 Å². The first-order valence-corrected chi connectivity index (χ1v) is 9.65. The van der Waals surface area contributed by atoms with Crippen LogP contribution >= 0.6 is 11.6 Å². The largest absolute Gasteiger partial charge is 0.381 e. The molecule has 1 aromatic carbocycles. The molecule has 6 heteroatoms. The lowest BCUT2D eigenvalue weighted by Gasteiger charge is -2.20. The Kier molecular flexibility index (Phi) is 5.52. The molecule has 1 unspecified atom stereocenters. The zero-order valence-corrected chi connectivity index (χ0v) is 14.2. The SMILES string of the molecule is CCN1CCCC(Nc2cc(S(C)(=O)=O)ccc2Cl)CC1. The summed E-state index contributed by atoms with van der Waals surface area (Å²) >= 11 is 6.19. The van der Waals surface area contributed by atoms with Gasteiger partial charge in [-0.15, -0.1) is 0 Å². The van der Waals surface area contributed by atoms with Gasteiger partial charge in [-0.2, -0.15) is 0 Å². The topological polar surface area (TPSA) is 49.4 Å². The van der Waals surface area contributed by atoms with Crippen LogP contribution in [0.2, 0.25) is 5.02 Å². The van der Waals surface area contributed by atoms with Crippen LogP contribution in [-0.4, -0.2) is 45.2 Å². The van der Waals surface area contributed by atoms with Gasteiger partial charge in [0.1, 0.15) is 0 Å². The van der Waals surface area contributed by atoms with Crippen molar-refractivity contribution in [2.45, 2.75) is 37.1 Å². The summed E-state index contributed by atoms with van der Waals surface area (Å²) in [5.74, 6) is 0. The Morgan fingerprint density at radius 2 is 2.10 bits per heavy atom. The summed E-state index contributed by atoms with van der Waals surface area (Å²) in [5.41, 5.74) is 0.717. The van der Waals surface area contributed by atoms with Crippen molar-refractivity contribution < 1.29 is 8.42 Å². The Morgan fingerprint density at radius 3 is 2.76 bits per heavy atom. The second kappa shape index (κ2) is 6.99. The highest BCUT2D eigenvalue weighted by molar-refractivity contribution is 7.90. The van der Waals surface area contributed by atoms with Crippen molar-refractivity contribution in [1.29, 1.82) is 0 Å². The standard InChI is InChI=1S/C15H23ClN2O2S/c1-3-18-9-4-5-12(8-10-18)17-15-11-13(21(2,19)20)6-7-14(15)16/h6-7,11-12,17H,3-5,8-10H2,1-2H3.